The molecule has 3 aromatic rings. The molecule has 3 rings (SSSR count). The fourth-order valence-corrected chi connectivity index (χ4v) is 5.36. The molecular weight excluding hydrogens is 410 g/mol. The average molecular weight is 422 g/mol. The summed E-state index contributed by atoms with van der Waals surface area (Å²) in [6.07, 6.45) is 0.754. The Balaban J connectivity index is 2.01. The van der Waals surface area contributed by atoms with Crippen LogP contribution in [0.25, 0.3) is 0 Å². The molecule has 10 heteroatoms. The van der Waals surface area contributed by atoms with E-state index in [1.807, 2.05) is 0 Å². The summed E-state index contributed by atoms with van der Waals surface area (Å²) in [5, 5.41) is 0. The number of thiophene rings is 1. The summed E-state index contributed by atoms with van der Waals surface area (Å²) < 4.78 is 52.0. The molecule has 0 atom stereocenters. The Morgan fingerprint density at radius 1 is 1.07 bits per heavy atom. The van der Waals surface area contributed by atoms with Gasteiger partial charge < -0.3 is 5.73 Å². The number of carbonyl (C=O) groups is 2. The van der Waals surface area contributed by atoms with Gasteiger partial charge in [0.25, 0.3) is 0 Å². The van der Waals surface area contributed by atoms with E-state index in [-0.39, 0.29) is 25.1 Å². The van der Waals surface area contributed by atoms with Crippen LogP contribution in [0.15, 0.2) is 57.8 Å². The Morgan fingerprint density at radius 2 is 1.75 bits per heavy atom. The van der Waals surface area contributed by atoms with E-state index >= 15 is 0 Å². The van der Waals surface area contributed by atoms with Crippen molar-refractivity contribution in [3.05, 3.63) is 76.4 Å². The highest BCUT2D eigenvalue weighted by atomic mass is 32.2. The highest BCUT2D eigenvalue weighted by molar-refractivity contribution is 7.93. The number of hydrogen-bond donors (Lipinski definition) is 1. The van der Waals surface area contributed by atoms with Crippen molar-refractivity contribution in [3.8, 4) is 0 Å². The average Bonchev–Trinajstić information content (AvgIpc) is 3.07. The van der Waals surface area contributed by atoms with Gasteiger partial charge in [-0.3, -0.25) is 9.59 Å². The smallest absolute Gasteiger partial charge is 0.249 e. The molecule has 1 aromatic carbocycles. The monoisotopic (exact) mass is 422 g/mol. The summed E-state index contributed by atoms with van der Waals surface area (Å²) in [5.41, 5.74) is 4.87. The molecule has 0 fully saturated rings. The fourth-order valence-electron chi connectivity index (χ4n) is 2.44. The molecule has 6 nitrogen and oxygen atoms in total. The lowest BCUT2D eigenvalue weighted by molar-refractivity contribution is 0.0988. The van der Waals surface area contributed by atoms with Gasteiger partial charge in [-0.05, 0) is 42.5 Å². The molecule has 2 N–H and O–H groups in total. The van der Waals surface area contributed by atoms with Gasteiger partial charge in [0, 0.05) is 17.5 Å². The van der Waals surface area contributed by atoms with Crippen molar-refractivity contribution >= 4 is 32.9 Å². The first-order valence-electron chi connectivity index (χ1n) is 7.77. The van der Waals surface area contributed by atoms with E-state index in [0.29, 0.717) is 11.3 Å². The predicted octanol–water partition coefficient (Wildman–Crippen LogP) is 2.78. The van der Waals surface area contributed by atoms with Gasteiger partial charge in [-0.1, -0.05) is 0 Å². The van der Waals surface area contributed by atoms with Crippen LogP contribution in [0.1, 0.15) is 25.6 Å². The van der Waals surface area contributed by atoms with Crippen molar-refractivity contribution in [2.75, 3.05) is 0 Å². The number of sulfone groups is 1. The standard InChI is InChI=1S/C18H12F2N2O4S2/c19-10-3-5-11(6-4-10)28(25,26)16-8-13(18(21)24)15(27-16)9-14(23)12-2-1-7-22-17(12)20/h1-8H,9H2,(H2,21,24). The first kappa shape index (κ1) is 19.8. The molecule has 0 aliphatic heterocycles. The van der Waals surface area contributed by atoms with E-state index in [0.717, 1.165) is 30.3 Å². The van der Waals surface area contributed by atoms with Crippen molar-refractivity contribution in [2.24, 2.45) is 5.73 Å². The summed E-state index contributed by atoms with van der Waals surface area (Å²) in [7, 11) is -4.05. The fraction of sp³-hybridized carbons (Fsp3) is 0.0556. The van der Waals surface area contributed by atoms with E-state index in [1.54, 1.807) is 0 Å². The maximum atomic E-state index is 13.7. The lowest BCUT2D eigenvalue weighted by atomic mass is 10.1. The van der Waals surface area contributed by atoms with Gasteiger partial charge in [0.2, 0.25) is 21.7 Å². The van der Waals surface area contributed by atoms with Gasteiger partial charge in [0.15, 0.2) is 5.78 Å². The Hall–Kier alpha value is -2.98. The number of amides is 1. The molecule has 0 saturated heterocycles. The van der Waals surface area contributed by atoms with Gasteiger partial charge in [0.1, 0.15) is 10.0 Å². The van der Waals surface area contributed by atoms with Crippen LogP contribution in [0.5, 0.6) is 0 Å². The van der Waals surface area contributed by atoms with Gasteiger partial charge in [-0.25, -0.2) is 17.8 Å². The number of primary amides is 1. The van der Waals surface area contributed by atoms with Gasteiger partial charge in [-0.15, -0.1) is 11.3 Å². The van der Waals surface area contributed by atoms with Gasteiger partial charge >= 0.3 is 0 Å². The molecule has 0 bridgehead atoms. The second kappa shape index (κ2) is 7.56. The molecule has 0 aliphatic carbocycles. The zero-order valence-electron chi connectivity index (χ0n) is 14.1. The quantitative estimate of drug-likeness (QED) is 0.373. The number of halogens is 2. The molecule has 28 heavy (non-hydrogen) atoms. The first-order chi connectivity index (χ1) is 13.2. The summed E-state index contributed by atoms with van der Waals surface area (Å²) >= 11 is 0.676. The number of pyridine rings is 1. The Bertz CT molecular complexity index is 1170. The van der Waals surface area contributed by atoms with E-state index in [9.17, 15) is 26.8 Å². The maximum absolute atomic E-state index is 13.7. The maximum Gasteiger partial charge on any atom is 0.249 e. The van der Waals surface area contributed by atoms with Gasteiger partial charge in [0.05, 0.1) is 16.0 Å². The third-order valence-corrected chi connectivity index (χ3v) is 7.20. The van der Waals surface area contributed by atoms with Crippen molar-refractivity contribution in [1.82, 2.24) is 4.98 Å². The molecule has 2 heterocycles. The Kier molecular flexibility index (Phi) is 5.34. The van der Waals surface area contributed by atoms with Crippen molar-refractivity contribution in [3.63, 3.8) is 0 Å². The van der Waals surface area contributed by atoms with Crippen LogP contribution < -0.4 is 5.73 Å². The van der Waals surface area contributed by atoms with Crippen LogP contribution in [0.2, 0.25) is 0 Å². The molecule has 0 aliphatic rings. The number of nitrogens with zero attached hydrogens (tertiary/aromatic N) is 1. The van der Waals surface area contributed by atoms with Crippen molar-refractivity contribution in [1.29, 1.82) is 0 Å². The molecular formula is C18H12F2N2O4S2. The van der Waals surface area contributed by atoms with Crippen LogP contribution in [-0.4, -0.2) is 25.1 Å². The van der Waals surface area contributed by atoms with E-state index < -0.39 is 39.7 Å². The zero-order valence-corrected chi connectivity index (χ0v) is 15.7. The molecule has 2 aromatic heterocycles. The summed E-state index contributed by atoms with van der Waals surface area (Å²) in [4.78, 5) is 27.4. The molecule has 0 spiro atoms. The largest absolute Gasteiger partial charge is 0.366 e. The minimum atomic E-state index is -4.05. The Morgan fingerprint density at radius 3 is 2.36 bits per heavy atom. The highest BCUT2D eigenvalue weighted by Gasteiger charge is 2.26. The number of rotatable bonds is 6. The zero-order chi connectivity index (χ0) is 20.5. The van der Waals surface area contributed by atoms with E-state index in [4.69, 9.17) is 5.73 Å². The number of ketones is 1. The SMILES string of the molecule is NC(=O)c1cc(S(=O)(=O)c2ccc(F)cc2)sc1CC(=O)c1cccnc1F. The summed E-state index contributed by atoms with van der Waals surface area (Å²) in [6, 6.07) is 7.83. The summed E-state index contributed by atoms with van der Waals surface area (Å²) in [6.45, 7) is 0. The molecule has 144 valence electrons. The van der Waals surface area contributed by atoms with E-state index in [1.165, 1.54) is 18.3 Å². The topological polar surface area (TPSA) is 107 Å². The minimum absolute atomic E-state index is 0.0847. The summed E-state index contributed by atoms with van der Waals surface area (Å²) in [5.74, 6) is -3.18. The molecule has 0 unspecified atom stereocenters. The molecule has 0 radical (unpaired) electrons. The number of aromatic nitrogens is 1. The third-order valence-electron chi connectivity index (χ3n) is 3.82. The van der Waals surface area contributed by atoms with Crippen LogP contribution in [0.4, 0.5) is 8.78 Å². The second-order valence-electron chi connectivity index (χ2n) is 5.67. The predicted molar refractivity (Wildman–Crippen MR) is 96.9 cm³/mol. The Labute approximate surface area is 162 Å². The number of Topliss-reactive ketones (excluding diaryl/α,β-unsaturated/α-hetero) is 1. The third kappa shape index (κ3) is 3.82. The van der Waals surface area contributed by atoms with Crippen LogP contribution in [-0.2, 0) is 16.3 Å². The lowest BCUT2D eigenvalue weighted by Crippen LogP contribution is -2.14. The number of benzene rings is 1. The van der Waals surface area contributed by atoms with Crippen LogP contribution >= 0.6 is 11.3 Å². The van der Waals surface area contributed by atoms with Crippen LogP contribution in [0, 0.1) is 11.8 Å². The highest BCUT2D eigenvalue weighted by Crippen LogP contribution is 2.32. The normalized spacial score (nSPS) is 11.4. The van der Waals surface area contributed by atoms with Crippen LogP contribution in [0.3, 0.4) is 0 Å². The number of carbonyl (C=O) groups excluding carboxylic acids is 2. The van der Waals surface area contributed by atoms with Crippen molar-refractivity contribution < 1.29 is 26.8 Å². The van der Waals surface area contributed by atoms with Crippen molar-refractivity contribution in [2.45, 2.75) is 15.5 Å². The minimum Gasteiger partial charge on any atom is -0.366 e. The van der Waals surface area contributed by atoms with E-state index in [2.05, 4.69) is 4.98 Å². The van der Waals surface area contributed by atoms with Gasteiger partial charge in [-0.2, -0.15) is 4.39 Å². The lowest BCUT2D eigenvalue weighted by Gasteiger charge is -2.02. The molecule has 1 amide bonds. The second-order valence-corrected chi connectivity index (χ2v) is 8.98. The number of nitrogens with two attached hydrogens (primary N) is 1. The number of hydrogen-bond acceptors (Lipinski definition) is 6. The molecule has 0 saturated carbocycles. The first-order valence-corrected chi connectivity index (χ1v) is 10.1.